The lowest BCUT2D eigenvalue weighted by Gasteiger charge is -2.12. The molecule has 1 fully saturated rings. The van der Waals surface area contributed by atoms with Crippen LogP contribution in [0.3, 0.4) is 0 Å². The van der Waals surface area contributed by atoms with Gasteiger partial charge in [-0.25, -0.2) is 0 Å². The summed E-state index contributed by atoms with van der Waals surface area (Å²) in [7, 11) is 2.78. The number of ether oxygens (including phenoxy) is 2. The Morgan fingerprint density at radius 3 is 2.43 bits per heavy atom. The van der Waals surface area contributed by atoms with Crippen molar-refractivity contribution in [2.24, 2.45) is 0 Å². The second kappa shape index (κ2) is 8.91. The van der Waals surface area contributed by atoms with E-state index < -0.39 is 23.6 Å². The third-order valence-electron chi connectivity index (χ3n) is 4.28. The molecule has 1 saturated heterocycles. The van der Waals surface area contributed by atoms with Crippen molar-refractivity contribution in [2.75, 3.05) is 26.1 Å². The molecular weight excluding hydrogens is 408 g/mol. The number of thioether (sulfide) groups is 1. The van der Waals surface area contributed by atoms with Crippen molar-refractivity contribution in [3.8, 4) is 17.2 Å². The lowest BCUT2D eigenvalue weighted by molar-refractivity contribution is -0.127. The summed E-state index contributed by atoms with van der Waals surface area (Å²) in [6.45, 7) is 1.50. The van der Waals surface area contributed by atoms with Gasteiger partial charge in [-0.3, -0.25) is 19.3 Å². The zero-order valence-corrected chi connectivity index (χ0v) is 17.4. The third kappa shape index (κ3) is 4.57. The number of hydrogen-bond acceptors (Lipinski definition) is 7. The highest BCUT2D eigenvalue weighted by Crippen LogP contribution is 2.39. The number of carbonyl (C=O) groups is 3. The predicted octanol–water partition coefficient (Wildman–Crippen LogP) is 3.39. The highest BCUT2D eigenvalue weighted by Gasteiger charge is 2.36. The second-order valence-electron chi connectivity index (χ2n) is 6.46. The molecule has 1 aliphatic rings. The summed E-state index contributed by atoms with van der Waals surface area (Å²) in [4.78, 5) is 38.3. The monoisotopic (exact) mass is 428 g/mol. The van der Waals surface area contributed by atoms with E-state index in [1.165, 1.54) is 32.4 Å². The molecule has 8 nitrogen and oxygen atoms in total. The molecule has 2 aromatic carbocycles. The van der Waals surface area contributed by atoms with Crippen molar-refractivity contribution in [3.05, 3.63) is 52.4 Å². The number of imide groups is 1. The Morgan fingerprint density at radius 2 is 1.83 bits per heavy atom. The van der Waals surface area contributed by atoms with E-state index in [1.54, 1.807) is 18.2 Å². The molecule has 2 N–H and O–H groups in total. The number of rotatable bonds is 6. The number of phenols is 1. The van der Waals surface area contributed by atoms with Crippen LogP contribution < -0.4 is 14.8 Å². The number of anilines is 1. The Morgan fingerprint density at radius 1 is 1.17 bits per heavy atom. The smallest absolute Gasteiger partial charge is 0.294 e. The molecule has 0 aromatic heterocycles. The Kier molecular flexibility index (Phi) is 6.31. The Labute approximate surface area is 177 Å². The summed E-state index contributed by atoms with van der Waals surface area (Å²) in [5.74, 6) is -0.889. The quantitative estimate of drug-likeness (QED) is 0.680. The van der Waals surface area contributed by atoms with Gasteiger partial charge in [0.15, 0.2) is 11.5 Å². The van der Waals surface area contributed by atoms with Crippen molar-refractivity contribution in [3.63, 3.8) is 0 Å². The molecule has 0 atom stereocenters. The van der Waals surface area contributed by atoms with Crippen LogP contribution in [0.2, 0.25) is 0 Å². The van der Waals surface area contributed by atoms with Gasteiger partial charge >= 0.3 is 0 Å². The fraction of sp³-hybridized carbons (Fsp3) is 0.190. The van der Waals surface area contributed by atoms with E-state index >= 15 is 0 Å². The summed E-state index contributed by atoms with van der Waals surface area (Å²) >= 11 is 0.733. The normalized spacial score (nSPS) is 14.9. The van der Waals surface area contributed by atoms with E-state index in [-0.39, 0.29) is 22.2 Å². The Bertz CT molecular complexity index is 1020. The van der Waals surface area contributed by atoms with Gasteiger partial charge in [0.2, 0.25) is 11.7 Å². The molecule has 0 aliphatic carbocycles. The van der Waals surface area contributed by atoms with Gasteiger partial charge in [-0.1, -0.05) is 12.1 Å². The molecule has 0 bridgehead atoms. The summed E-state index contributed by atoms with van der Waals surface area (Å²) in [6.07, 6.45) is 1.48. The summed E-state index contributed by atoms with van der Waals surface area (Å²) < 4.78 is 10.2. The van der Waals surface area contributed by atoms with E-state index in [0.717, 1.165) is 22.2 Å². The van der Waals surface area contributed by atoms with Crippen LogP contribution in [0, 0.1) is 6.92 Å². The maximum absolute atomic E-state index is 12.7. The van der Waals surface area contributed by atoms with Crippen LogP contribution in [0.15, 0.2) is 41.3 Å². The standard InChI is InChI=1S/C21H20N2O6S/c1-12-5-4-6-14(7-12)22-18(24)11-23-20(26)17(30-21(23)27)10-13-8-15(28-2)19(25)16(9-13)29-3/h4-10,25H,11H2,1-3H3,(H,22,24)/b17-10-. The Hall–Kier alpha value is -3.46. The van der Waals surface area contributed by atoms with Gasteiger partial charge in [0.25, 0.3) is 11.1 Å². The van der Waals surface area contributed by atoms with Crippen molar-refractivity contribution in [1.82, 2.24) is 4.90 Å². The van der Waals surface area contributed by atoms with E-state index in [9.17, 15) is 19.5 Å². The highest BCUT2D eigenvalue weighted by molar-refractivity contribution is 8.18. The summed E-state index contributed by atoms with van der Waals surface area (Å²) in [6, 6.07) is 10.2. The van der Waals surface area contributed by atoms with Crippen LogP contribution in [-0.4, -0.2) is 47.8 Å². The van der Waals surface area contributed by atoms with E-state index in [2.05, 4.69) is 5.32 Å². The highest BCUT2D eigenvalue weighted by atomic mass is 32.2. The average molecular weight is 428 g/mol. The van der Waals surface area contributed by atoms with Crippen molar-refractivity contribution in [2.45, 2.75) is 6.92 Å². The van der Waals surface area contributed by atoms with E-state index in [1.807, 2.05) is 13.0 Å². The van der Waals surface area contributed by atoms with Gasteiger partial charge in [0.05, 0.1) is 19.1 Å². The molecule has 3 rings (SSSR count). The zero-order valence-electron chi connectivity index (χ0n) is 16.6. The lowest BCUT2D eigenvalue weighted by atomic mass is 10.1. The Balaban J connectivity index is 1.77. The first-order valence-electron chi connectivity index (χ1n) is 8.89. The topological polar surface area (TPSA) is 105 Å². The molecule has 30 heavy (non-hydrogen) atoms. The number of amides is 3. The number of carbonyl (C=O) groups excluding carboxylic acids is 3. The van der Waals surface area contributed by atoms with Gasteiger partial charge in [0, 0.05) is 5.69 Å². The number of hydrogen-bond donors (Lipinski definition) is 2. The van der Waals surface area contributed by atoms with Crippen LogP contribution in [0.5, 0.6) is 17.2 Å². The van der Waals surface area contributed by atoms with Crippen molar-refractivity contribution >= 4 is 40.6 Å². The number of nitrogens with one attached hydrogen (secondary N) is 1. The number of nitrogens with zero attached hydrogens (tertiary/aromatic N) is 1. The van der Waals surface area contributed by atoms with Gasteiger partial charge in [0.1, 0.15) is 6.54 Å². The first-order chi connectivity index (χ1) is 14.3. The zero-order chi connectivity index (χ0) is 21.8. The minimum Gasteiger partial charge on any atom is -0.502 e. The molecule has 0 saturated carbocycles. The maximum atomic E-state index is 12.7. The van der Waals surface area contributed by atoms with Crippen LogP contribution in [0.25, 0.3) is 6.08 Å². The SMILES string of the molecule is COc1cc(/C=C2\SC(=O)N(CC(=O)Nc3cccc(C)c3)C2=O)cc(OC)c1O. The molecule has 3 amide bonds. The second-order valence-corrected chi connectivity index (χ2v) is 7.45. The molecule has 0 unspecified atom stereocenters. The summed E-state index contributed by atoms with van der Waals surface area (Å²) in [5, 5.41) is 12.1. The fourth-order valence-corrected chi connectivity index (χ4v) is 3.69. The minimum atomic E-state index is -0.574. The first kappa shape index (κ1) is 21.3. The lowest BCUT2D eigenvalue weighted by Crippen LogP contribution is -2.36. The van der Waals surface area contributed by atoms with Gasteiger partial charge in [-0.05, 0) is 60.2 Å². The third-order valence-corrected chi connectivity index (χ3v) is 5.18. The van der Waals surface area contributed by atoms with Gasteiger partial charge < -0.3 is 19.9 Å². The number of aryl methyl sites for hydroxylation is 1. The van der Waals surface area contributed by atoms with E-state index in [0.29, 0.717) is 11.3 Å². The maximum Gasteiger partial charge on any atom is 0.294 e. The molecule has 2 aromatic rings. The molecule has 1 aliphatic heterocycles. The molecule has 0 spiro atoms. The van der Waals surface area contributed by atoms with Crippen LogP contribution >= 0.6 is 11.8 Å². The first-order valence-corrected chi connectivity index (χ1v) is 9.71. The van der Waals surface area contributed by atoms with Gasteiger partial charge in [-0.2, -0.15) is 0 Å². The molecular formula is C21H20N2O6S. The number of aromatic hydroxyl groups is 1. The number of phenolic OH excluding ortho intramolecular Hbond substituents is 1. The van der Waals surface area contributed by atoms with Gasteiger partial charge in [-0.15, -0.1) is 0 Å². The largest absolute Gasteiger partial charge is 0.502 e. The van der Waals surface area contributed by atoms with E-state index in [4.69, 9.17) is 9.47 Å². The average Bonchev–Trinajstić information content (AvgIpc) is 2.96. The summed E-state index contributed by atoms with van der Waals surface area (Å²) in [5.41, 5.74) is 2.06. The van der Waals surface area contributed by atoms with Crippen LogP contribution in [-0.2, 0) is 9.59 Å². The molecule has 156 valence electrons. The van der Waals surface area contributed by atoms with Crippen molar-refractivity contribution < 1.29 is 29.0 Å². The minimum absolute atomic E-state index is 0.151. The fourth-order valence-electron chi connectivity index (χ4n) is 2.85. The number of benzene rings is 2. The predicted molar refractivity (Wildman–Crippen MR) is 114 cm³/mol. The molecule has 9 heteroatoms. The molecule has 1 heterocycles. The number of methoxy groups -OCH3 is 2. The molecule has 0 radical (unpaired) electrons. The van der Waals surface area contributed by atoms with Crippen LogP contribution in [0.1, 0.15) is 11.1 Å². The van der Waals surface area contributed by atoms with Crippen LogP contribution in [0.4, 0.5) is 10.5 Å². The van der Waals surface area contributed by atoms with Crippen molar-refractivity contribution in [1.29, 1.82) is 0 Å².